The van der Waals surface area contributed by atoms with Crippen LogP contribution in [0.4, 0.5) is 0 Å². The van der Waals surface area contributed by atoms with Crippen molar-refractivity contribution < 1.29 is 12.9 Å². The summed E-state index contributed by atoms with van der Waals surface area (Å²) in [5, 5.41) is 4.63. The van der Waals surface area contributed by atoms with E-state index in [1.54, 1.807) is 6.07 Å². The number of hydrogen-bond acceptors (Lipinski definition) is 4. The van der Waals surface area contributed by atoms with Crippen LogP contribution in [0.15, 0.2) is 28.8 Å². The monoisotopic (exact) mass is 267 g/mol. The van der Waals surface area contributed by atoms with E-state index in [0.717, 1.165) is 5.39 Å². The molecule has 0 saturated heterocycles. The Morgan fingerprint density at radius 2 is 1.89 bits per heavy atom. The van der Waals surface area contributed by atoms with Crippen LogP contribution in [0.3, 0.4) is 0 Å². The van der Waals surface area contributed by atoms with Crippen LogP contribution in [0, 0.1) is 5.41 Å². The number of para-hydroxylation sites is 1. The smallest absolute Gasteiger partial charge is 0.167 e. The summed E-state index contributed by atoms with van der Waals surface area (Å²) in [5.41, 5.74) is 0.867. The van der Waals surface area contributed by atoms with Crippen LogP contribution in [0.5, 0.6) is 0 Å². The summed E-state index contributed by atoms with van der Waals surface area (Å²) in [7, 11) is -3.18. The molecular weight excluding hydrogens is 250 g/mol. The molecule has 0 saturated carbocycles. The molecule has 98 valence electrons. The first-order valence-corrected chi connectivity index (χ1v) is 7.63. The summed E-state index contributed by atoms with van der Waals surface area (Å²) in [6.45, 7) is 5.72. The molecule has 1 aromatic carbocycles. The molecule has 0 aliphatic carbocycles. The second-order valence-corrected chi connectivity index (χ2v) is 7.78. The van der Waals surface area contributed by atoms with Gasteiger partial charge in [-0.1, -0.05) is 38.1 Å². The van der Waals surface area contributed by atoms with Crippen molar-refractivity contribution in [1.29, 1.82) is 0 Å². The van der Waals surface area contributed by atoms with Crippen LogP contribution in [-0.2, 0) is 15.6 Å². The normalized spacial score (nSPS) is 13.1. The van der Waals surface area contributed by atoms with Gasteiger partial charge in [0.2, 0.25) is 0 Å². The summed E-state index contributed by atoms with van der Waals surface area (Å²) in [6.07, 6.45) is 0. The SMILES string of the molecule is CC(C)(C)CS(=O)(=O)Cc1noc2ccccc12. The van der Waals surface area contributed by atoms with E-state index >= 15 is 0 Å². The Morgan fingerprint density at radius 3 is 2.56 bits per heavy atom. The first-order chi connectivity index (χ1) is 8.27. The largest absolute Gasteiger partial charge is 0.356 e. The molecule has 2 aromatic rings. The maximum Gasteiger partial charge on any atom is 0.167 e. The Kier molecular flexibility index (Phi) is 3.19. The average molecular weight is 267 g/mol. The first kappa shape index (κ1) is 13.1. The maximum atomic E-state index is 12.1. The molecule has 0 N–H and O–H groups in total. The number of nitrogens with zero attached hydrogens (tertiary/aromatic N) is 1. The van der Waals surface area contributed by atoms with Gasteiger partial charge < -0.3 is 4.52 Å². The molecule has 1 heterocycles. The molecule has 0 aliphatic rings. The highest BCUT2D eigenvalue weighted by molar-refractivity contribution is 7.90. The number of benzene rings is 1. The van der Waals surface area contributed by atoms with E-state index in [0.29, 0.717) is 11.3 Å². The van der Waals surface area contributed by atoms with Crippen LogP contribution in [-0.4, -0.2) is 19.3 Å². The lowest BCUT2D eigenvalue weighted by atomic mass is 10.0. The molecule has 0 atom stereocenters. The van der Waals surface area contributed by atoms with Crippen molar-refractivity contribution >= 4 is 20.8 Å². The predicted octanol–water partition coefficient (Wildman–Crippen LogP) is 2.79. The quantitative estimate of drug-likeness (QED) is 0.858. The summed E-state index contributed by atoms with van der Waals surface area (Å²) in [4.78, 5) is 0. The van der Waals surface area contributed by atoms with Gasteiger partial charge in [-0.3, -0.25) is 0 Å². The Labute approximate surface area is 107 Å². The fourth-order valence-electron chi connectivity index (χ4n) is 1.96. The Hall–Kier alpha value is -1.36. The van der Waals surface area contributed by atoms with Gasteiger partial charge in [-0.15, -0.1) is 0 Å². The zero-order chi connectivity index (χ0) is 13.4. The second-order valence-electron chi connectivity index (χ2n) is 5.72. The first-order valence-electron chi connectivity index (χ1n) is 5.81. The van der Waals surface area contributed by atoms with E-state index in [9.17, 15) is 8.42 Å². The third-order valence-electron chi connectivity index (χ3n) is 2.46. The van der Waals surface area contributed by atoms with Gasteiger partial charge in [0.1, 0.15) is 5.69 Å². The van der Waals surface area contributed by atoms with Crippen LogP contribution < -0.4 is 0 Å². The average Bonchev–Trinajstić information content (AvgIpc) is 2.57. The summed E-state index contributed by atoms with van der Waals surface area (Å²) >= 11 is 0. The molecule has 0 bridgehead atoms. The zero-order valence-electron chi connectivity index (χ0n) is 10.8. The van der Waals surface area contributed by atoms with Gasteiger partial charge in [-0.2, -0.15) is 0 Å². The van der Waals surface area contributed by atoms with E-state index in [4.69, 9.17) is 4.52 Å². The predicted molar refractivity (Wildman–Crippen MR) is 71.0 cm³/mol. The molecule has 0 fully saturated rings. The van der Waals surface area contributed by atoms with Gasteiger partial charge in [0, 0.05) is 5.39 Å². The second kappa shape index (κ2) is 4.39. The summed E-state index contributed by atoms with van der Waals surface area (Å²) in [6, 6.07) is 7.29. The molecule has 0 spiro atoms. The van der Waals surface area contributed by atoms with Gasteiger partial charge in [-0.25, -0.2) is 8.42 Å². The fourth-order valence-corrected chi connectivity index (χ4v) is 4.01. The van der Waals surface area contributed by atoms with Crippen LogP contribution in [0.25, 0.3) is 11.0 Å². The van der Waals surface area contributed by atoms with Crippen molar-refractivity contribution in [2.75, 3.05) is 5.75 Å². The minimum atomic E-state index is -3.18. The Bertz CT molecular complexity index is 650. The Balaban J connectivity index is 2.29. The molecule has 4 nitrogen and oxygen atoms in total. The standard InChI is InChI=1S/C13H17NO3S/c1-13(2,3)9-18(15,16)8-11-10-6-4-5-7-12(10)17-14-11/h4-7H,8-9H2,1-3H3. The third-order valence-corrected chi connectivity index (χ3v) is 4.48. The molecule has 1 aromatic heterocycles. The van der Waals surface area contributed by atoms with E-state index in [-0.39, 0.29) is 16.9 Å². The molecule has 2 rings (SSSR count). The van der Waals surface area contributed by atoms with E-state index in [2.05, 4.69) is 5.16 Å². The van der Waals surface area contributed by atoms with Crippen molar-refractivity contribution in [2.45, 2.75) is 26.5 Å². The van der Waals surface area contributed by atoms with Crippen molar-refractivity contribution in [3.05, 3.63) is 30.0 Å². The lowest BCUT2D eigenvalue weighted by molar-refractivity contribution is 0.445. The minimum Gasteiger partial charge on any atom is -0.356 e. The molecule has 5 heteroatoms. The number of aromatic nitrogens is 1. The van der Waals surface area contributed by atoms with Crippen LogP contribution >= 0.6 is 0 Å². The highest BCUT2D eigenvalue weighted by Crippen LogP contribution is 2.23. The Morgan fingerprint density at radius 1 is 1.22 bits per heavy atom. The maximum absolute atomic E-state index is 12.1. The van der Waals surface area contributed by atoms with E-state index in [1.807, 2.05) is 39.0 Å². The van der Waals surface area contributed by atoms with Gasteiger partial charge in [0.25, 0.3) is 0 Å². The van der Waals surface area contributed by atoms with Crippen molar-refractivity contribution in [3.8, 4) is 0 Å². The molecule has 0 aliphatic heterocycles. The third kappa shape index (κ3) is 3.10. The van der Waals surface area contributed by atoms with Crippen molar-refractivity contribution in [1.82, 2.24) is 5.16 Å². The number of fused-ring (bicyclic) bond motifs is 1. The van der Waals surface area contributed by atoms with E-state index in [1.165, 1.54) is 0 Å². The van der Waals surface area contributed by atoms with Crippen molar-refractivity contribution in [2.24, 2.45) is 5.41 Å². The molecule has 0 radical (unpaired) electrons. The topological polar surface area (TPSA) is 60.2 Å². The van der Waals surface area contributed by atoms with E-state index < -0.39 is 9.84 Å². The fraction of sp³-hybridized carbons (Fsp3) is 0.462. The number of rotatable bonds is 3. The lowest BCUT2D eigenvalue weighted by Gasteiger charge is -2.17. The molecule has 18 heavy (non-hydrogen) atoms. The molecule has 0 amide bonds. The highest BCUT2D eigenvalue weighted by atomic mass is 32.2. The van der Waals surface area contributed by atoms with Crippen molar-refractivity contribution in [3.63, 3.8) is 0 Å². The van der Waals surface area contributed by atoms with Gasteiger partial charge in [0.15, 0.2) is 15.4 Å². The summed E-state index contributed by atoms with van der Waals surface area (Å²) in [5.74, 6) is 0.0719. The molecular formula is C13H17NO3S. The number of sulfone groups is 1. The number of hydrogen-bond donors (Lipinski definition) is 0. The zero-order valence-corrected chi connectivity index (χ0v) is 11.6. The van der Waals surface area contributed by atoms with Gasteiger partial charge >= 0.3 is 0 Å². The summed E-state index contributed by atoms with van der Waals surface area (Å²) < 4.78 is 29.3. The highest BCUT2D eigenvalue weighted by Gasteiger charge is 2.24. The van der Waals surface area contributed by atoms with Crippen LogP contribution in [0.2, 0.25) is 0 Å². The molecule has 0 unspecified atom stereocenters. The van der Waals surface area contributed by atoms with Gasteiger partial charge in [-0.05, 0) is 17.5 Å². The lowest BCUT2D eigenvalue weighted by Crippen LogP contribution is -2.22. The van der Waals surface area contributed by atoms with Crippen LogP contribution in [0.1, 0.15) is 26.5 Å². The minimum absolute atomic E-state index is 0.0682. The van der Waals surface area contributed by atoms with Gasteiger partial charge in [0.05, 0.1) is 11.5 Å².